The van der Waals surface area contributed by atoms with Crippen molar-refractivity contribution in [3.63, 3.8) is 0 Å². The molecule has 2 rings (SSSR count). The smallest absolute Gasteiger partial charge is 0.328 e. The summed E-state index contributed by atoms with van der Waals surface area (Å²) in [5.74, 6) is -0.139. The zero-order valence-corrected chi connectivity index (χ0v) is 10.6. The molecule has 1 heterocycles. The number of halogens is 1. The van der Waals surface area contributed by atoms with Crippen molar-refractivity contribution in [3.05, 3.63) is 27.8 Å². The van der Waals surface area contributed by atoms with Crippen LogP contribution in [0.5, 0.6) is 0 Å². The van der Waals surface area contributed by atoms with Crippen LogP contribution in [0, 0.1) is 3.57 Å². The van der Waals surface area contributed by atoms with Crippen molar-refractivity contribution in [3.8, 4) is 0 Å². The van der Waals surface area contributed by atoms with E-state index in [4.69, 9.17) is 4.74 Å². The second-order valence-electron chi connectivity index (χ2n) is 3.50. The van der Waals surface area contributed by atoms with Crippen molar-refractivity contribution in [2.75, 3.05) is 18.6 Å². The number of anilines is 1. The van der Waals surface area contributed by atoms with Gasteiger partial charge in [0, 0.05) is 15.8 Å². The predicted octanol–water partition coefficient (Wildman–Crippen LogP) is 2.04. The van der Waals surface area contributed by atoms with E-state index in [0.717, 1.165) is 18.7 Å². The first-order valence-electron chi connectivity index (χ1n) is 4.82. The molecular formula is C11H12INO2. The number of carbonyl (C=O) groups is 1. The van der Waals surface area contributed by atoms with Crippen LogP contribution >= 0.6 is 22.6 Å². The van der Waals surface area contributed by atoms with Gasteiger partial charge in [-0.25, -0.2) is 4.79 Å². The van der Waals surface area contributed by atoms with Crippen LogP contribution in [0.25, 0.3) is 0 Å². The molecule has 3 nitrogen and oxygen atoms in total. The van der Waals surface area contributed by atoms with E-state index >= 15 is 0 Å². The van der Waals surface area contributed by atoms with Crippen molar-refractivity contribution in [2.45, 2.75) is 12.5 Å². The molecule has 0 radical (unpaired) electrons. The molecule has 4 heteroatoms. The van der Waals surface area contributed by atoms with Gasteiger partial charge in [-0.1, -0.05) is 0 Å². The minimum Gasteiger partial charge on any atom is -0.467 e. The van der Waals surface area contributed by atoms with E-state index in [-0.39, 0.29) is 12.0 Å². The predicted molar refractivity (Wildman–Crippen MR) is 66.9 cm³/mol. The van der Waals surface area contributed by atoms with Gasteiger partial charge >= 0.3 is 5.97 Å². The SMILES string of the molecule is COC(=O)C1CCN1c1ccc(I)cc1. The Balaban J connectivity index is 2.12. The van der Waals surface area contributed by atoms with Crippen molar-refractivity contribution in [2.24, 2.45) is 0 Å². The van der Waals surface area contributed by atoms with Crippen LogP contribution in [0.2, 0.25) is 0 Å². The number of carbonyl (C=O) groups excluding carboxylic acids is 1. The summed E-state index contributed by atoms with van der Waals surface area (Å²) in [4.78, 5) is 13.5. The van der Waals surface area contributed by atoms with E-state index in [1.807, 2.05) is 24.3 Å². The summed E-state index contributed by atoms with van der Waals surface area (Å²) in [7, 11) is 1.44. The molecule has 0 amide bonds. The van der Waals surface area contributed by atoms with Crippen molar-refractivity contribution in [1.29, 1.82) is 0 Å². The summed E-state index contributed by atoms with van der Waals surface area (Å²) in [6.45, 7) is 0.931. The Labute approximate surface area is 103 Å². The number of hydrogen-bond acceptors (Lipinski definition) is 3. The third kappa shape index (κ3) is 2.09. The zero-order valence-electron chi connectivity index (χ0n) is 8.44. The number of rotatable bonds is 2. The van der Waals surface area contributed by atoms with Gasteiger partial charge in [-0.15, -0.1) is 0 Å². The van der Waals surface area contributed by atoms with Crippen LogP contribution in [-0.4, -0.2) is 25.7 Å². The Morgan fingerprint density at radius 1 is 1.47 bits per heavy atom. The molecule has 1 saturated heterocycles. The topological polar surface area (TPSA) is 29.5 Å². The van der Waals surface area contributed by atoms with Crippen LogP contribution < -0.4 is 4.90 Å². The molecule has 1 aliphatic heterocycles. The van der Waals surface area contributed by atoms with Gasteiger partial charge in [0.2, 0.25) is 0 Å². The fourth-order valence-electron chi connectivity index (χ4n) is 1.71. The summed E-state index contributed by atoms with van der Waals surface area (Å²) in [5, 5.41) is 0. The van der Waals surface area contributed by atoms with E-state index in [9.17, 15) is 4.79 Å². The van der Waals surface area contributed by atoms with Crippen LogP contribution in [0.1, 0.15) is 6.42 Å². The molecule has 1 aromatic carbocycles. The van der Waals surface area contributed by atoms with Gasteiger partial charge in [0.15, 0.2) is 0 Å². The fraction of sp³-hybridized carbons (Fsp3) is 0.364. The van der Waals surface area contributed by atoms with E-state index in [1.165, 1.54) is 10.7 Å². The molecule has 0 aromatic heterocycles. The van der Waals surface area contributed by atoms with E-state index in [1.54, 1.807) is 0 Å². The first-order chi connectivity index (χ1) is 7.22. The summed E-state index contributed by atoms with van der Waals surface area (Å²) in [5.41, 5.74) is 1.09. The maximum absolute atomic E-state index is 11.4. The van der Waals surface area contributed by atoms with E-state index < -0.39 is 0 Å². The Kier molecular flexibility index (Phi) is 3.14. The molecule has 15 heavy (non-hydrogen) atoms. The second-order valence-corrected chi connectivity index (χ2v) is 4.74. The van der Waals surface area contributed by atoms with Gasteiger partial charge < -0.3 is 9.64 Å². The maximum Gasteiger partial charge on any atom is 0.328 e. The summed E-state index contributed by atoms with van der Waals surface area (Å²) in [6, 6.07) is 8.08. The number of nitrogens with zero attached hydrogens (tertiary/aromatic N) is 1. The molecule has 1 aliphatic rings. The third-order valence-electron chi connectivity index (χ3n) is 2.65. The minimum atomic E-state index is -0.139. The molecule has 1 fully saturated rings. The molecule has 1 unspecified atom stereocenters. The van der Waals surface area contributed by atoms with Gasteiger partial charge in [0.25, 0.3) is 0 Å². The quantitative estimate of drug-likeness (QED) is 0.618. The summed E-state index contributed by atoms with van der Waals surface area (Å²) in [6.07, 6.45) is 0.888. The van der Waals surface area contributed by atoms with Gasteiger partial charge in [-0.2, -0.15) is 0 Å². The normalized spacial score (nSPS) is 19.6. The lowest BCUT2D eigenvalue weighted by Gasteiger charge is -2.40. The Bertz CT molecular complexity index is 363. The van der Waals surface area contributed by atoms with E-state index in [2.05, 4.69) is 27.5 Å². The first-order valence-corrected chi connectivity index (χ1v) is 5.90. The second kappa shape index (κ2) is 4.38. The fourth-order valence-corrected chi connectivity index (χ4v) is 2.07. The lowest BCUT2D eigenvalue weighted by molar-refractivity contribution is -0.143. The van der Waals surface area contributed by atoms with Crippen molar-refractivity contribution in [1.82, 2.24) is 0 Å². The molecule has 0 saturated carbocycles. The number of esters is 1. The van der Waals surface area contributed by atoms with Crippen molar-refractivity contribution >= 4 is 34.2 Å². The average molecular weight is 317 g/mol. The van der Waals surface area contributed by atoms with E-state index in [0.29, 0.717) is 0 Å². The first kappa shape index (κ1) is 10.7. The number of methoxy groups -OCH3 is 1. The highest BCUT2D eigenvalue weighted by Gasteiger charge is 2.34. The molecule has 0 N–H and O–H groups in total. The Hall–Kier alpha value is -0.780. The highest BCUT2D eigenvalue weighted by molar-refractivity contribution is 14.1. The van der Waals surface area contributed by atoms with Gasteiger partial charge in [0.05, 0.1) is 7.11 Å². The minimum absolute atomic E-state index is 0.0879. The standard InChI is InChI=1S/C11H12INO2/c1-15-11(14)10-6-7-13(10)9-4-2-8(12)3-5-9/h2-5,10H,6-7H2,1H3. The third-order valence-corrected chi connectivity index (χ3v) is 3.37. The number of ether oxygens (including phenoxy) is 1. The molecule has 0 spiro atoms. The highest BCUT2D eigenvalue weighted by atomic mass is 127. The monoisotopic (exact) mass is 317 g/mol. The Morgan fingerprint density at radius 3 is 2.60 bits per heavy atom. The van der Waals surface area contributed by atoms with Crippen LogP contribution in [0.4, 0.5) is 5.69 Å². The molecule has 0 bridgehead atoms. The molecule has 0 aliphatic carbocycles. The average Bonchev–Trinajstić information content (AvgIpc) is 2.19. The van der Waals surface area contributed by atoms with Crippen LogP contribution in [0.3, 0.4) is 0 Å². The van der Waals surface area contributed by atoms with Crippen molar-refractivity contribution < 1.29 is 9.53 Å². The van der Waals surface area contributed by atoms with Gasteiger partial charge in [-0.05, 0) is 53.3 Å². The highest BCUT2D eigenvalue weighted by Crippen LogP contribution is 2.27. The van der Waals surface area contributed by atoms with Crippen LogP contribution in [-0.2, 0) is 9.53 Å². The largest absolute Gasteiger partial charge is 0.467 e. The van der Waals surface area contributed by atoms with Crippen LogP contribution in [0.15, 0.2) is 24.3 Å². The molecule has 80 valence electrons. The lowest BCUT2D eigenvalue weighted by atomic mass is 10.0. The zero-order chi connectivity index (χ0) is 10.8. The van der Waals surface area contributed by atoms with Gasteiger partial charge in [0.1, 0.15) is 6.04 Å². The number of benzene rings is 1. The Morgan fingerprint density at radius 2 is 2.13 bits per heavy atom. The maximum atomic E-state index is 11.4. The molecule has 1 atom stereocenters. The summed E-state index contributed by atoms with van der Waals surface area (Å²) < 4.78 is 5.95. The molecule has 1 aromatic rings. The number of hydrogen-bond donors (Lipinski definition) is 0. The summed E-state index contributed by atoms with van der Waals surface area (Å²) >= 11 is 2.27. The molecular weight excluding hydrogens is 305 g/mol. The lowest BCUT2D eigenvalue weighted by Crippen LogP contribution is -2.53. The van der Waals surface area contributed by atoms with Gasteiger partial charge in [-0.3, -0.25) is 0 Å².